The molecule has 0 radical (unpaired) electrons. The molecule has 3 aromatic rings. The highest BCUT2D eigenvalue weighted by Crippen LogP contribution is 2.24. The molecule has 4 rings (SSSR count). The van der Waals surface area contributed by atoms with E-state index in [0.29, 0.717) is 24.5 Å². The van der Waals surface area contributed by atoms with Crippen LogP contribution in [0.5, 0.6) is 0 Å². The maximum absolute atomic E-state index is 12.9. The molecule has 2 N–H and O–H groups in total. The number of nitrogens with zero attached hydrogens (tertiary/aromatic N) is 3. The van der Waals surface area contributed by atoms with Gasteiger partial charge in [-0.1, -0.05) is 31.0 Å². The van der Waals surface area contributed by atoms with Crippen LogP contribution in [0.3, 0.4) is 0 Å². The van der Waals surface area contributed by atoms with E-state index in [9.17, 15) is 13.2 Å². The summed E-state index contributed by atoms with van der Waals surface area (Å²) in [5.41, 5.74) is 3.88. The Balaban J connectivity index is 1.37. The average Bonchev–Trinajstić information content (AvgIpc) is 3.03. The van der Waals surface area contributed by atoms with Crippen molar-refractivity contribution >= 4 is 27.3 Å². The van der Waals surface area contributed by atoms with E-state index in [4.69, 9.17) is 0 Å². The second kappa shape index (κ2) is 10.4. The summed E-state index contributed by atoms with van der Waals surface area (Å²) in [7, 11) is -3.49. The number of aryl methyl sites for hydroxylation is 1. The Morgan fingerprint density at radius 3 is 2.24 bits per heavy atom. The molecule has 1 fully saturated rings. The number of nitrogens with one attached hydrogen (secondary N) is 2. The monoisotopic (exact) mass is 481 g/mol. The summed E-state index contributed by atoms with van der Waals surface area (Å²) >= 11 is 0. The van der Waals surface area contributed by atoms with Gasteiger partial charge < -0.3 is 10.6 Å². The van der Waals surface area contributed by atoms with Crippen LogP contribution in [0, 0.1) is 13.8 Å². The van der Waals surface area contributed by atoms with Crippen LogP contribution < -0.4 is 10.6 Å². The average molecular weight is 482 g/mol. The SMILES string of the molecule is Cc1nn(-c2ccccc2)c(C)c1NC(=O)CNc1ccc(S(=O)(=O)N2CCCCCC2)cc1. The van der Waals surface area contributed by atoms with Crippen LogP contribution in [0.2, 0.25) is 0 Å². The Hall–Kier alpha value is -3.17. The lowest BCUT2D eigenvalue weighted by Crippen LogP contribution is -2.31. The van der Waals surface area contributed by atoms with Crippen molar-refractivity contribution in [3.63, 3.8) is 0 Å². The third kappa shape index (κ3) is 5.31. The number of anilines is 2. The van der Waals surface area contributed by atoms with Gasteiger partial charge in [-0.25, -0.2) is 13.1 Å². The van der Waals surface area contributed by atoms with Crippen molar-refractivity contribution in [2.24, 2.45) is 0 Å². The van der Waals surface area contributed by atoms with Crippen LogP contribution >= 0.6 is 0 Å². The topological polar surface area (TPSA) is 96.3 Å². The number of carbonyl (C=O) groups excluding carboxylic acids is 1. The third-order valence-electron chi connectivity index (χ3n) is 6.07. The van der Waals surface area contributed by atoms with E-state index < -0.39 is 10.0 Å². The number of benzene rings is 2. The van der Waals surface area contributed by atoms with Crippen molar-refractivity contribution in [1.29, 1.82) is 0 Å². The lowest BCUT2D eigenvalue weighted by molar-refractivity contribution is -0.114. The molecule has 1 aromatic heterocycles. The van der Waals surface area contributed by atoms with E-state index in [-0.39, 0.29) is 17.3 Å². The highest BCUT2D eigenvalue weighted by molar-refractivity contribution is 7.89. The number of rotatable bonds is 7. The minimum absolute atomic E-state index is 0.0492. The first-order valence-electron chi connectivity index (χ1n) is 11.6. The zero-order valence-electron chi connectivity index (χ0n) is 19.6. The summed E-state index contributed by atoms with van der Waals surface area (Å²) in [6.45, 7) is 4.97. The fourth-order valence-electron chi connectivity index (χ4n) is 4.19. The molecule has 0 unspecified atom stereocenters. The Morgan fingerprint density at radius 1 is 0.941 bits per heavy atom. The predicted octanol–water partition coefficient (Wildman–Crippen LogP) is 4.10. The number of para-hydroxylation sites is 1. The van der Waals surface area contributed by atoms with E-state index in [2.05, 4.69) is 15.7 Å². The molecule has 34 heavy (non-hydrogen) atoms. The fourth-order valence-corrected chi connectivity index (χ4v) is 5.70. The van der Waals surface area contributed by atoms with E-state index in [0.717, 1.165) is 42.8 Å². The minimum Gasteiger partial charge on any atom is -0.376 e. The summed E-state index contributed by atoms with van der Waals surface area (Å²) in [6, 6.07) is 16.3. The summed E-state index contributed by atoms with van der Waals surface area (Å²) in [6.07, 6.45) is 3.94. The van der Waals surface area contributed by atoms with Gasteiger partial charge in [0.1, 0.15) is 0 Å². The Labute approximate surface area is 201 Å². The van der Waals surface area contributed by atoms with Crippen molar-refractivity contribution in [3.8, 4) is 5.69 Å². The molecule has 8 nitrogen and oxygen atoms in total. The summed E-state index contributed by atoms with van der Waals surface area (Å²) < 4.78 is 29.2. The van der Waals surface area contributed by atoms with Crippen molar-refractivity contribution < 1.29 is 13.2 Å². The van der Waals surface area contributed by atoms with Crippen molar-refractivity contribution in [1.82, 2.24) is 14.1 Å². The predicted molar refractivity (Wildman–Crippen MR) is 134 cm³/mol. The molecule has 0 saturated carbocycles. The molecule has 9 heteroatoms. The third-order valence-corrected chi connectivity index (χ3v) is 7.98. The molecule has 2 aromatic carbocycles. The summed E-state index contributed by atoms with van der Waals surface area (Å²) in [5.74, 6) is -0.208. The molecule has 0 bridgehead atoms. The standard InChI is InChI=1S/C25H31N5O3S/c1-19-25(20(2)30(28-19)22-10-6-5-7-11-22)27-24(31)18-26-21-12-14-23(15-13-21)34(32,33)29-16-8-3-4-9-17-29/h5-7,10-15,26H,3-4,8-9,16-18H2,1-2H3,(H,27,31). The van der Waals surface area contributed by atoms with E-state index >= 15 is 0 Å². The second-order valence-electron chi connectivity index (χ2n) is 8.54. The molecule has 180 valence electrons. The van der Waals surface area contributed by atoms with Crippen molar-refractivity contribution in [2.75, 3.05) is 30.3 Å². The van der Waals surface area contributed by atoms with Gasteiger partial charge in [0.15, 0.2) is 0 Å². The molecular weight excluding hydrogens is 450 g/mol. The molecular formula is C25H31N5O3S. The first-order valence-corrected chi connectivity index (χ1v) is 13.1. The van der Waals surface area contributed by atoms with Crippen molar-refractivity contribution in [3.05, 3.63) is 66.0 Å². The number of sulfonamides is 1. The Kier molecular flexibility index (Phi) is 7.33. The molecule has 0 atom stereocenters. The fraction of sp³-hybridized carbons (Fsp3) is 0.360. The normalized spacial score (nSPS) is 15.0. The summed E-state index contributed by atoms with van der Waals surface area (Å²) in [5, 5.41) is 10.5. The Morgan fingerprint density at radius 2 is 1.59 bits per heavy atom. The maximum atomic E-state index is 12.9. The lowest BCUT2D eigenvalue weighted by Gasteiger charge is -2.20. The zero-order chi connectivity index (χ0) is 24.1. The van der Waals surface area contributed by atoms with Gasteiger partial charge in [-0.2, -0.15) is 9.40 Å². The van der Waals surface area contributed by atoms with Crippen LogP contribution in [0.4, 0.5) is 11.4 Å². The lowest BCUT2D eigenvalue weighted by atomic mass is 10.2. The number of hydrogen-bond acceptors (Lipinski definition) is 5. The summed E-state index contributed by atoms with van der Waals surface area (Å²) in [4.78, 5) is 12.9. The first-order chi connectivity index (χ1) is 16.4. The van der Waals surface area contributed by atoms with Crippen LogP contribution in [0.15, 0.2) is 59.5 Å². The first kappa shape index (κ1) is 24.0. The van der Waals surface area contributed by atoms with Gasteiger partial charge >= 0.3 is 0 Å². The van der Waals surface area contributed by atoms with E-state index in [1.807, 2.05) is 48.9 Å². The largest absolute Gasteiger partial charge is 0.376 e. The van der Waals surface area contributed by atoms with Crippen LogP contribution in [-0.4, -0.2) is 48.0 Å². The van der Waals surface area contributed by atoms with Gasteiger partial charge in [0, 0.05) is 18.8 Å². The van der Waals surface area contributed by atoms with Gasteiger partial charge in [-0.3, -0.25) is 4.79 Å². The maximum Gasteiger partial charge on any atom is 0.243 e. The molecule has 1 aliphatic heterocycles. The zero-order valence-corrected chi connectivity index (χ0v) is 20.4. The van der Waals surface area contributed by atoms with E-state index in [1.54, 1.807) is 28.6 Å². The molecule has 1 saturated heterocycles. The Bertz CT molecular complexity index is 1230. The molecule has 0 aliphatic carbocycles. The molecule has 1 amide bonds. The smallest absolute Gasteiger partial charge is 0.243 e. The quantitative estimate of drug-likeness (QED) is 0.530. The number of carbonyl (C=O) groups is 1. The van der Waals surface area contributed by atoms with Gasteiger partial charge in [-0.15, -0.1) is 0 Å². The highest BCUT2D eigenvalue weighted by atomic mass is 32.2. The van der Waals surface area contributed by atoms with Gasteiger partial charge in [0.25, 0.3) is 0 Å². The number of amides is 1. The molecule has 1 aliphatic rings. The van der Waals surface area contributed by atoms with Crippen LogP contribution in [0.1, 0.15) is 37.1 Å². The molecule has 0 spiro atoms. The second-order valence-corrected chi connectivity index (χ2v) is 10.5. The number of aromatic nitrogens is 2. The van der Waals surface area contributed by atoms with Gasteiger partial charge in [-0.05, 0) is 63.1 Å². The van der Waals surface area contributed by atoms with Gasteiger partial charge in [0.2, 0.25) is 15.9 Å². The van der Waals surface area contributed by atoms with Crippen LogP contribution in [0.25, 0.3) is 5.69 Å². The molecule has 2 heterocycles. The van der Waals surface area contributed by atoms with E-state index in [1.165, 1.54) is 0 Å². The van der Waals surface area contributed by atoms with Crippen LogP contribution in [-0.2, 0) is 14.8 Å². The van der Waals surface area contributed by atoms with Gasteiger partial charge in [0.05, 0.1) is 34.2 Å². The highest BCUT2D eigenvalue weighted by Gasteiger charge is 2.25. The minimum atomic E-state index is -3.49. The number of hydrogen-bond donors (Lipinski definition) is 2. The van der Waals surface area contributed by atoms with Crippen molar-refractivity contribution in [2.45, 2.75) is 44.4 Å².